The molecule has 1 amide bonds. The number of carbonyl (C=O) groups is 1. The number of nitrogens with one attached hydrogen (secondary N) is 1. The van der Waals surface area contributed by atoms with Crippen LogP contribution in [-0.4, -0.2) is 14.3 Å². The summed E-state index contributed by atoms with van der Waals surface area (Å²) in [5.74, 6) is -1.03. The van der Waals surface area contributed by atoms with E-state index in [9.17, 15) is 17.6 Å². The molecule has 0 aromatic heterocycles. The maximum absolute atomic E-state index is 13.7. The van der Waals surface area contributed by atoms with Gasteiger partial charge in [0.05, 0.1) is 22.7 Å². The molecular weight excluding hydrogens is 439 g/mol. The van der Waals surface area contributed by atoms with Crippen molar-refractivity contribution in [2.75, 3.05) is 9.62 Å². The number of para-hydroxylation sites is 1. The Balaban J connectivity index is 1.78. The highest BCUT2D eigenvalue weighted by Crippen LogP contribution is 2.30. The zero-order valence-corrected chi connectivity index (χ0v) is 18.4. The highest BCUT2D eigenvalue weighted by Gasteiger charge is 2.28. The summed E-state index contributed by atoms with van der Waals surface area (Å²) >= 11 is 0. The molecule has 33 heavy (non-hydrogen) atoms. The van der Waals surface area contributed by atoms with Gasteiger partial charge >= 0.3 is 0 Å². The van der Waals surface area contributed by atoms with E-state index in [1.165, 1.54) is 34.6 Å². The minimum absolute atomic E-state index is 0.0301. The van der Waals surface area contributed by atoms with Crippen molar-refractivity contribution in [2.24, 2.45) is 0 Å². The molecule has 0 bridgehead atoms. The van der Waals surface area contributed by atoms with E-state index in [2.05, 4.69) is 5.32 Å². The molecule has 0 aliphatic heterocycles. The lowest BCUT2D eigenvalue weighted by Crippen LogP contribution is -2.32. The van der Waals surface area contributed by atoms with Crippen LogP contribution in [0.5, 0.6) is 0 Å². The summed E-state index contributed by atoms with van der Waals surface area (Å²) in [4.78, 5) is 13.2. The number of hydrogen-bond acceptors (Lipinski definition) is 3. The van der Waals surface area contributed by atoms with Crippen molar-refractivity contribution in [3.63, 3.8) is 0 Å². The predicted molar refractivity (Wildman–Crippen MR) is 127 cm³/mol. The van der Waals surface area contributed by atoms with Gasteiger partial charge in [-0.3, -0.25) is 9.10 Å². The molecule has 0 radical (unpaired) electrons. The van der Waals surface area contributed by atoms with Crippen LogP contribution in [0.15, 0.2) is 114 Å². The minimum atomic E-state index is -3.99. The van der Waals surface area contributed by atoms with Crippen molar-refractivity contribution >= 4 is 27.3 Å². The summed E-state index contributed by atoms with van der Waals surface area (Å²) in [6.07, 6.45) is 0. The Bertz CT molecular complexity index is 1360. The van der Waals surface area contributed by atoms with Gasteiger partial charge in [-0.05, 0) is 48.0 Å². The first-order valence-electron chi connectivity index (χ1n) is 10.2. The van der Waals surface area contributed by atoms with E-state index in [1.54, 1.807) is 48.5 Å². The average Bonchev–Trinajstić information content (AvgIpc) is 2.84. The SMILES string of the molecule is O=C(Nc1cccc(F)c1)c1ccccc1N(Cc1ccccc1)S(=O)(=O)c1ccccc1. The van der Waals surface area contributed by atoms with Crippen LogP contribution in [0, 0.1) is 5.82 Å². The van der Waals surface area contributed by atoms with Crippen LogP contribution in [0.2, 0.25) is 0 Å². The lowest BCUT2D eigenvalue weighted by molar-refractivity contribution is 0.102. The first-order valence-corrected chi connectivity index (χ1v) is 11.7. The van der Waals surface area contributed by atoms with Crippen molar-refractivity contribution in [2.45, 2.75) is 11.4 Å². The van der Waals surface area contributed by atoms with Crippen LogP contribution in [-0.2, 0) is 16.6 Å². The van der Waals surface area contributed by atoms with Crippen molar-refractivity contribution < 1.29 is 17.6 Å². The second-order valence-electron chi connectivity index (χ2n) is 7.29. The third-order valence-corrected chi connectivity index (χ3v) is 6.77. The molecular formula is C26H21FN2O3S. The smallest absolute Gasteiger partial charge is 0.264 e. The first-order chi connectivity index (χ1) is 15.9. The second kappa shape index (κ2) is 9.67. The topological polar surface area (TPSA) is 66.5 Å². The van der Waals surface area contributed by atoms with Gasteiger partial charge in [-0.1, -0.05) is 66.7 Å². The lowest BCUT2D eigenvalue weighted by Gasteiger charge is -2.26. The Kier molecular flexibility index (Phi) is 6.51. The zero-order chi connectivity index (χ0) is 23.3. The molecule has 0 aliphatic carbocycles. The Morgan fingerprint density at radius 2 is 1.42 bits per heavy atom. The second-order valence-corrected chi connectivity index (χ2v) is 9.15. The summed E-state index contributed by atoms with van der Waals surface area (Å²) < 4.78 is 42.1. The van der Waals surface area contributed by atoms with Crippen molar-refractivity contribution in [3.8, 4) is 0 Å². The van der Waals surface area contributed by atoms with E-state index < -0.39 is 21.7 Å². The van der Waals surface area contributed by atoms with Gasteiger partial charge in [0, 0.05) is 5.69 Å². The Labute approximate surface area is 192 Å². The van der Waals surface area contributed by atoms with Crippen LogP contribution in [0.4, 0.5) is 15.8 Å². The average molecular weight is 461 g/mol. The number of hydrogen-bond donors (Lipinski definition) is 1. The number of nitrogens with zero attached hydrogens (tertiary/aromatic N) is 1. The maximum atomic E-state index is 13.7. The van der Waals surface area contributed by atoms with Crippen LogP contribution in [0.25, 0.3) is 0 Å². The van der Waals surface area contributed by atoms with Crippen molar-refractivity contribution in [3.05, 3.63) is 126 Å². The monoisotopic (exact) mass is 460 g/mol. The number of halogens is 1. The van der Waals surface area contributed by atoms with Crippen LogP contribution in [0.1, 0.15) is 15.9 Å². The quantitative estimate of drug-likeness (QED) is 0.398. The summed E-state index contributed by atoms with van der Waals surface area (Å²) in [5, 5.41) is 2.65. The third-order valence-electron chi connectivity index (χ3n) is 5.00. The molecule has 7 heteroatoms. The minimum Gasteiger partial charge on any atom is -0.322 e. The predicted octanol–water partition coefficient (Wildman–Crippen LogP) is 5.47. The van der Waals surface area contributed by atoms with Gasteiger partial charge in [0.1, 0.15) is 5.82 Å². The third kappa shape index (κ3) is 5.10. The van der Waals surface area contributed by atoms with Crippen LogP contribution >= 0.6 is 0 Å². The van der Waals surface area contributed by atoms with E-state index in [-0.39, 0.29) is 28.4 Å². The molecule has 0 atom stereocenters. The Morgan fingerprint density at radius 1 is 0.788 bits per heavy atom. The number of anilines is 2. The number of amides is 1. The van der Waals surface area contributed by atoms with Crippen LogP contribution < -0.4 is 9.62 Å². The molecule has 0 saturated heterocycles. The molecule has 166 valence electrons. The van der Waals surface area contributed by atoms with Gasteiger partial charge in [-0.15, -0.1) is 0 Å². The number of benzene rings is 4. The Hall–Kier alpha value is -3.97. The van der Waals surface area contributed by atoms with E-state index in [0.717, 1.165) is 5.56 Å². The standard InChI is InChI=1S/C26H21FN2O3S/c27-21-12-9-13-22(18-21)28-26(30)24-16-7-8-17-25(24)29(19-20-10-3-1-4-11-20)33(31,32)23-14-5-2-6-15-23/h1-18H,19H2,(H,28,30). The van der Waals surface area contributed by atoms with Gasteiger partial charge in [-0.2, -0.15) is 0 Å². The zero-order valence-electron chi connectivity index (χ0n) is 17.6. The molecule has 4 rings (SSSR count). The Morgan fingerprint density at radius 3 is 2.12 bits per heavy atom. The highest BCUT2D eigenvalue weighted by atomic mass is 32.2. The fourth-order valence-electron chi connectivity index (χ4n) is 3.42. The van der Waals surface area contributed by atoms with Gasteiger partial charge in [0.2, 0.25) is 0 Å². The normalized spacial score (nSPS) is 11.1. The van der Waals surface area contributed by atoms with Gasteiger partial charge in [0.25, 0.3) is 15.9 Å². The van der Waals surface area contributed by atoms with Gasteiger partial charge in [0.15, 0.2) is 0 Å². The molecule has 1 N–H and O–H groups in total. The fourth-order valence-corrected chi connectivity index (χ4v) is 4.91. The summed E-state index contributed by atoms with van der Waals surface area (Å²) in [6, 6.07) is 29.2. The lowest BCUT2D eigenvalue weighted by atomic mass is 10.1. The molecule has 0 unspecified atom stereocenters. The number of rotatable bonds is 7. The molecule has 4 aromatic rings. The molecule has 4 aromatic carbocycles. The largest absolute Gasteiger partial charge is 0.322 e. The van der Waals surface area contributed by atoms with E-state index in [0.29, 0.717) is 0 Å². The number of sulfonamides is 1. The summed E-state index contributed by atoms with van der Waals surface area (Å²) in [5.41, 5.74) is 1.41. The molecule has 0 aliphatic rings. The van der Waals surface area contributed by atoms with Gasteiger partial charge < -0.3 is 5.32 Å². The number of carbonyl (C=O) groups excluding carboxylic acids is 1. The van der Waals surface area contributed by atoms with E-state index >= 15 is 0 Å². The maximum Gasteiger partial charge on any atom is 0.264 e. The molecule has 0 saturated carbocycles. The molecule has 0 heterocycles. The van der Waals surface area contributed by atoms with Gasteiger partial charge in [-0.25, -0.2) is 12.8 Å². The fraction of sp³-hybridized carbons (Fsp3) is 0.0385. The van der Waals surface area contributed by atoms with Crippen LogP contribution in [0.3, 0.4) is 0 Å². The van der Waals surface area contributed by atoms with E-state index in [1.807, 2.05) is 30.3 Å². The highest BCUT2D eigenvalue weighted by molar-refractivity contribution is 7.92. The first kappa shape index (κ1) is 22.2. The summed E-state index contributed by atoms with van der Waals surface area (Å²) in [7, 11) is -3.99. The molecule has 5 nitrogen and oxygen atoms in total. The molecule has 0 fully saturated rings. The van der Waals surface area contributed by atoms with Crippen molar-refractivity contribution in [1.29, 1.82) is 0 Å². The van der Waals surface area contributed by atoms with E-state index in [4.69, 9.17) is 0 Å². The summed E-state index contributed by atoms with van der Waals surface area (Å²) in [6.45, 7) is 0.0301. The van der Waals surface area contributed by atoms with Crippen molar-refractivity contribution in [1.82, 2.24) is 0 Å². The molecule has 0 spiro atoms.